The number of hydrogen-bond donors (Lipinski definition) is 2. The number of benzene rings is 6. The maximum absolute atomic E-state index is 4.76. The SMILES string of the molecule is CNCC1c2ccccc2-c2ccc(Cc3ccc4c5ccc(Cc6ccc7c(c6)C(CNC)c6ccccc6-7)cc5n(-c5ncccn5)c4c3)cc21. The van der Waals surface area contributed by atoms with Gasteiger partial charge in [0.15, 0.2) is 0 Å². The summed E-state index contributed by atoms with van der Waals surface area (Å²) >= 11 is 0. The first kappa shape index (κ1) is 31.8. The predicted molar refractivity (Wildman–Crippen MR) is 217 cm³/mol. The predicted octanol–water partition coefficient (Wildman–Crippen LogP) is 9.42. The number of hydrogen-bond acceptors (Lipinski definition) is 4. The lowest BCUT2D eigenvalue weighted by Crippen LogP contribution is -2.16. The molecule has 2 aliphatic rings. The Kier molecular flexibility index (Phi) is 7.78. The number of likely N-dealkylation sites (N-methyl/N-ethyl adjacent to an activating group) is 2. The third kappa shape index (κ3) is 5.30. The molecule has 2 heterocycles. The van der Waals surface area contributed by atoms with Crippen molar-refractivity contribution in [2.45, 2.75) is 24.7 Å². The minimum atomic E-state index is 0.364. The van der Waals surface area contributed by atoms with Crippen molar-refractivity contribution in [3.05, 3.63) is 184 Å². The van der Waals surface area contributed by atoms with Crippen molar-refractivity contribution in [2.75, 3.05) is 27.2 Å². The molecule has 0 aliphatic heterocycles. The summed E-state index contributed by atoms with van der Waals surface area (Å²) in [7, 11) is 4.09. The molecule has 2 unspecified atom stereocenters. The quantitative estimate of drug-likeness (QED) is 0.159. The zero-order valence-electron chi connectivity index (χ0n) is 30.1. The highest BCUT2D eigenvalue weighted by atomic mass is 15.1. The highest BCUT2D eigenvalue weighted by molar-refractivity contribution is 6.09. The molecule has 6 aromatic carbocycles. The normalized spacial score (nSPS) is 15.4. The van der Waals surface area contributed by atoms with Crippen LogP contribution in [-0.2, 0) is 12.8 Å². The number of fused-ring (bicyclic) bond motifs is 9. The first-order chi connectivity index (χ1) is 26.2. The number of nitrogens with one attached hydrogen (secondary N) is 2. The van der Waals surface area contributed by atoms with Crippen LogP contribution in [0.25, 0.3) is 50.0 Å². The summed E-state index contributed by atoms with van der Waals surface area (Å²) in [4.78, 5) is 9.52. The first-order valence-electron chi connectivity index (χ1n) is 18.8. The standard InChI is InChI=1S/C48H41N5/c1-49-28-44-36-10-5-3-8-34(36)38-16-12-30(24-42(38)44)22-32-14-18-40-41-19-15-33(27-47(41)53(46(40)26-32)48-51-20-7-21-52-48)23-31-13-17-39-35-9-4-6-11-37(35)45(29-50-2)43(39)25-31/h3-21,24-27,44-45,49-50H,22-23,28-29H2,1-2H3. The fourth-order valence-electron chi connectivity index (χ4n) is 9.21. The number of rotatable bonds is 9. The van der Waals surface area contributed by atoms with E-state index in [1.807, 2.05) is 32.6 Å². The van der Waals surface area contributed by atoms with E-state index in [9.17, 15) is 0 Å². The summed E-state index contributed by atoms with van der Waals surface area (Å²) in [5.74, 6) is 1.42. The fourth-order valence-corrected chi connectivity index (χ4v) is 9.21. The minimum Gasteiger partial charge on any atom is -0.319 e. The molecule has 10 rings (SSSR count). The lowest BCUT2D eigenvalue weighted by molar-refractivity contribution is 0.719. The molecule has 0 bridgehead atoms. The van der Waals surface area contributed by atoms with E-state index in [-0.39, 0.29) is 0 Å². The van der Waals surface area contributed by atoms with Crippen LogP contribution in [0.4, 0.5) is 0 Å². The Morgan fingerprint density at radius 2 is 0.906 bits per heavy atom. The maximum atomic E-state index is 4.76. The molecule has 0 saturated carbocycles. The van der Waals surface area contributed by atoms with Gasteiger partial charge in [0.25, 0.3) is 0 Å². The van der Waals surface area contributed by atoms with Gasteiger partial charge in [-0.1, -0.05) is 109 Å². The van der Waals surface area contributed by atoms with Crippen LogP contribution in [0.1, 0.15) is 56.3 Å². The molecule has 0 saturated heterocycles. The van der Waals surface area contributed by atoms with Gasteiger partial charge < -0.3 is 10.6 Å². The van der Waals surface area contributed by atoms with E-state index in [1.165, 1.54) is 77.5 Å². The van der Waals surface area contributed by atoms with E-state index in [2.05, 4.69) is 137 Å². The van der Waals surface area contributed by atoms with Gasteiger partial charge in [-0.3, -0.25) is 4.57 Å². The maximum Gasteiger partial charge on any atom is 0.234 e. The highest BCUT2D eigenvalue weighted by Crippen LogP contribution is 2.46. The molecule has 2 atom stereocenters. The van der Waals surface area contributed by atoms with Crippen LogP contribution in [0.15, 0.2) is 140 Å². The van der Waals surface area contributed by atoms with Crippen LogP contribution in [-0.4, -0.2) is 41.7 Å². The van der Waals surface area contributed by atoms with Gasteiger partial charge in [-0.2, -0.15) is 0 Å². The average Bonchev–Trinajstić information content (AvgIpc) is 3.80. The Bertz CT molecular complexity index is 2510. The Balaban J connectivity index is 1.02. The number of aromatic nitrogens is 3. The Hall–Kier alpha value is -5.88. The molecular formula is C48H41N5. The molecule has 0 spiro atoms. The van der Waals surface area contributed by atoms with Gasteiger partial charge in [0, 0.05) is 48.1 Å². The lowest BCUT2D eigenvalue weighted by Gasteiger charge is -2.14. The zero-order chi connectivity index (χ0) is 35.5. The lowest BCUT2D eigenvalue weighted by atomic mass is 9.93. The molecule has 0 radical (unpaired) electrons. The van der Waals surface area contributed by atoms with E-state index < -0.39 is 0 Å². The molecule has 5 nitrogen and oxygen atoms in total. The average molecular weight is 688 g/mol. The summed E-state index contributed by atoms with van der Waals surface area (Å²) in [6.45, 7) is 1.85. The third-order valence-electron chi connectivity index (χ3n) is 11.5. The van der Waals surface area contributed by atoms with Crippen LogP contribution in [0.3, 0.4) is 0 Å². The van der Waals surface area contributed by atoms with Gasteiger partial charge in [0.1, 0.15) is 0 Å². The second kappa shape index (κ2) is 13.0. The third-order valence-corrected chi connectivity index (χ3v) is 11.5. The molecule has 0 fully saturated rings. The molecule has 0 amide bonds. The molecule has 8 aromatic rings. The van der Waals surface area contributed by atoms with Crippen LogP contribution < -0.4 is 10.6 Å². The van der Waals surface area contributed by atoms with Crippen molar-refractivity contribution in [1.29, 1.82) is 0 Å². The smallest absolute Gasteiger partial charge is 0.234 e. The number of nitrogens with zero attached hydrogens (tertiary/aromatic N) is 3. The van der Waals surface area contributed by atoms with Gasteiger partial charge in [0.2, 0.25) is 5.95 Å². The molecule has 2 N–H and O–H groups in total. The molecular weight excluding hydrogens is 647 g/mol. The van der Waals surface area contributed by atoms with Crippen molar-refractivity contribution in [1.82, 2.24) is 25.2 Å². The molecule has 5 heteroatoms. The van der Waals surface area contributed by atoms with Crippen molar-refractivity contribution in [2.24, 2.45) is 0 Å². The fraction of sp³-hybridized carbons (Fsp3) is 0.167. The summed E-state index contributed by atoms with van der Waals surface area (Å²) < 4.78 is 2.25. The minimum absolute atomic E-state index is 0.364. The highest BCUT2D eigenvalue weighted by Gasteiger charge is 2.29. The summed E-state index contributed by atoms with van der Waals surface area (Å²) in [5.41, 5.74) is 18.6. The van der Waals surface area contributed by atoms with Crippen LogP contribution in [0.2, 0.25) is 0 Å². The van der Waals surface area contributed by atoms with E-state index in [0.717, 1.165) is 37.0 Å². The van der Waals surface area contributed by atoms with E-state index in [1.54, 1.807) is 0 Å². The molecule has 2 aromatic heterocycles. The summed E-state index contributed by atoms with van der Waals surface area (Å²) in [6.07, 6.45) is 5.37. The van der Waals surface area contributed by atoms with E-state index >= 15 is 0 Å². The summed E-state index contributed by atoms with van der Waals surface area (Å²) in [6, 6.07) is 47.6. The Morgan fingerprint density at radius 3 is 1.40 bits per heavy atom. The van der Waals surface area contributed by atoms with E-state index in [0.29, 0.717) is 17.8 Å². The van der Waals surface area contributed by atoms with Gasteiger partial charge in [0.05, 0.1) is 11.0 Å². The van der Waals surface area contributed by atoms with Crippen molar-refractivity contribution >= 4 is 21.8 Å². The monoisotopic (exact) mass is 687 g/mol. The molecule has 258 valence electrons. The largest absolute Gasteiger partial charge is 0.319 e. The van der Waals surface area contributed by atoms with Gasteiger partial charge in [-0.15, -0.1) is 0 Å². The van der Waals surface area contributed by atoms with Crippen molar-refractivity contribution in [3.8, 4) is 28.2 Å². The second-order valence-electron chi connectivity index (χ2n) is 14.7. The van der Waals surface area contributed by atoms with Crippen molar-refractivity contribution in [3.63, 3.8) is 0 Å². The first-order valence-corrected chi connectivity index (χ1v) is 18.8. The van der Waals surface area contributed by atoms with Crippen LogP contribution in [0, 0.1) is 0 Å². The topological polar surface area (TPSA) is 54.8 Å². The molecule has 2 aliphatic carbocycles. The van der Waals surface area contributed by atoms with Gasteiger partial charge in [-0.05, 0) is 112 Å². The Morgan fingerprint density at radius 1 is 0.472 bits per heavy atom. The van der Waals surface area contributed by atoms with Crippen molar-refractivity contribution < 1.29 is 0 Å². The van der Waals surface area contributed by atoms with Crippen LogP contribution in [0.5, 0.6) is 0 Å². The Labute approximate surface area is 310 Å². The van der Waals surface area contributed by atoms with E-state index in [4.69, 9.17) is 9.97 Å². The van der Waals surface area contributed by atoms with Gasteiger partial charge >= 0.3 is 0 Å². The van der Waals surface area contributed by atoms with Gasteiger partial charge in [-0.25, -0.2) is 9.97 Å². The molecule has 53 heavy (non-hydrogen) atoms. The van der Waals surface area contributed by atoms with Crippen LogP contribution >= 0.6 is 0 Å². The summed E-state index contributed by atoms with van der Waals surface area (Å²) in [5, 5.41) is 9.30. The second-order valence-corrected chi connectivity index (χ2v) is 14.7. The zero-order valence-corrected chi connectivity index (χ0v) is 30.1.